The number of hydrogen-bond acceptors (Lipinski definition) is 2. The van der Waals surface area contributed by atoms with E-state index in [0.29, 0.717) is 0 Å². The summed E-state index contributed by atoms with van der Waals surface area (Å²) in [6.45, 7) is 4.06. The van der Waals surface area contributed by atoms with Gasteiger partial charge in [-0.25, -0.2) is 0 Å². The molecule has 1 N–H and O–H groups in total. The van der Waals surface area contributed by atoms with Gasteiger partial charge in [0.05, 0.1) is 0 Å². The fourth-order valence-electron chi connectivity index (χ4n) is 2.71. The van der Waals surface area contributed by atoms with Gasteiger partial charge in [0.2, 0.25) is 0 Å². The zero-order chi connectivity index (χ0) is 11.5. The second-order valence-corrected chi connectivity index (χ2v) is 6.46. The summed E-state index contributed by atoms with van der Waals surface area (Å²) < 4.78 is 0. The van der Waals surface area contributed by atoms with Gasteiger partial charge in [0.25, 0.3) is 0 Å². The Morgan fingerprint density at radius 2 is 1.71 bits per heavy atom. The Hall–Kier alpha value is -0.0800. The van der Waals surface area contributed by atoms with Crippen molar-refractivity contribution in [1.29, 1.82) is 0 Å². The smallest absolute Gasteiger partial charge is 0.00965 e. The average molecular weight is 236 g/mol. The topological polar surface area (TPSA) is 15.3 Å². The highest BCUT2D eigenvalue weighted by molar-refractivity contribution is 4.88. The standard InChI is InChI=1S/C15H28N2/c1(2-10-16-14-6-7-14)3-11-17(15-8-9-15)12-13-4-5-13/h13-16H,1-12H2. The lowest BCUT2D eigenvalue weighted by atomic mass is 10.2. The summed E-state index contributed by atoms with van der Waals surface area (Å²) in [4.78, 5) is 2.80. The Bertz CT molecular complexity index is 229. The summed E-state index contributed by atoms with van der Waals surface area (Å²) in [5.74, 6) is 1.08. The first-order valence-electron chi connectivity index (χ1n) is 7.89. The van der Waals surface area contributed by atoms with Gasteiger partial charge in [-0.2, -0.15) is 0 Å². The minimum absolute atomic E-state index is 0.896. The average Bonchev–Trinajstić information content (AvgIpc) is 3.11. The first-order valence-corrected chi connectivity index (χ1v) is 7.89. The molecule has 0 aromatic heterocycles. The summed E-state index contributed by atoms with van der Waals surface area (Å²) in [7, 11) is 0. The predicted octanol–water partition coefficient (Wildman–Crippen LogP) is 2.78. The van der Waals surface area contributed by atoms with Crippen molar-refractivity contribution in [1.82, 2.24) is 10.2 Å². The Kier molecular flexibility index (Phi) is 4.02. The highest BCUT2D eigenvalue weighted by Gasteiger charge is 2.32. The maximum absolute atomic E-state index is 3.61. The van der Waals surface area contributed by atoms with Gasteiger partial charge >= 0.3 is 0 Å². The van der Waals surface area contributed by atoms with E-state index in [4.69, 9.17) is 0 Å². The molecule has 3 aliphatic carbocycles. The Morgan fingerprint density at radius 1 is 0.882 bits per heavy atom. The molecule has 0 heterocycles. The van der Waals surface area contributed by atoms with Gasteiger partial charge in [0.15, 0.2) is 0 Å². The lowest BCUT2D eigenvalue weighted by Crippen LogP contribution is -2.29. The van der Waals surface area contributed by atoms with E-state index in [-0.39, 0.29) is 0 Å². The van der Waals surface area contributed by atoms with Crippen molar-refractivity contribution in [3.05, 3.63) is 0 Å². The van der Waals surface area contributed by atoms with Crippen LogP contribution in [0.5, 0.6) is 0 Å². The van der Waals surface area contributed by atoms with E-state index in [9.17, 15) is 0 Å². The van der Waals surface area contributed by atoms with E-state index in [0.717, 1.165) is 18.0 Å². The van der Waals surface area contributed by atoms with Crippen molar-refractivity contribution < 1.29 is 0 Å². The normalized spacial score (nSPS) is 24.5. The van der Waals surface area contributed by atoms with Gasteiger partial charge in [-0.15, -0.1) is 0 Å². The summed E-state index contributed by atoms with van der Waals surface area (Å²) in [6.07, 6.45) is 13.1. The van der Waals surface area contributed by atoms with Gasteiger partial charge in [-0.05, 0) is 70.4 Å². The van der Waals surface area contributed by atoms with E-state index in [1.54, 1.807) is 0 Å². The summed E-state index contributed by atoms with van der Waals surface area (Å²) in [5.41, 5.74) is 0. The molecule has 2 nitrogen and oxygen atoms in total. The molecular formula is C15H28N2. The second-order valence-electron chi connectivity index (χ2n) is 6.46. The minimum atomic E-state index is 0.896. The number of hydrogen-bond donors (Lipinski definition) is 1. The van der Waals surface area contributed by atoms with E-state index in [2.05, 4.69) is 10.2 Å². The monoisotopic (exact) mass is 236 g/mol. The third-order valence-corrected chi connectivity index (χ3v) is 4.39. The van der Waals surface area contributed by atoms with Crippen LogP contribution in [0.4, 0.5) is 0 Å². The predicted molar refractivity (Wildman–Crippen MR) is 72.2 cm³/mol. The lowest BCUT2D eigenvalue weighted by Gasteiger charge is -2.21. The number of rotatable bonds is 10. The molecule has 0 aliphatic heterocycles. The number of nitrogens with one attached hydrogen (secondary N) is 1. The van der Waals surface area contributed by atoms with Gasteiger partial charge in [0.1, 0.15) is 0 Å². The van der Waals surface area contributed by atoms with Crippen LogP contribution in [0.3, 0.4) is 0 Å². The Balaban J connectivity index is 1.21. The molecule has 0 spiro atoms. The zero-order valence-corrected chi connectivity index (χ0v) is 11.2. The fourth-order valence-corrected chi connectivity index (χ4v) is 2.71. The molecule has 3 aliphatic rings. The largest absolute Gasteiger partial charge is 0.314 e. The Labute approximate surface area is 106 Å². The molecule has 0 unspecified atom stereocenters. The van der Waals surface area contributed by atoms with E-state index >= 15 is 0 Å². The molecule has 0 saturated heterocycles. The maximum Gasteiger partial charge on any atom is 0.00965 e. The van der Waals surface area contributed by atoms with Crippen LogP contribution in [0, 0.1) is 5.92 Å². The van der Waals surface area contributed by atoms with E-state index in [1.165, 1.54) is 77.4 Å². The van der Waals surface area contributed by atoms with E-state index < -0.39 is 0 Å². The molecule has 3 rings (SSSR count). The van der Waals surface area contributed by atoms with Crippen LogP contribution in [-0.4, -0.2) is 36.6 Å². The highest BCUT2D eigenvalue weighted by Crippen LogP contribution is 2.34. The molecule has 0 amide bonds. The molecular weight excluding hydrogens is 208 g/mol. The van der Waals surface area contributed by atoms with Crippen molar-refractivity contribution in [2.24, 2.45) is 5.92 Å². The van der Waals surface area contributed by atoms with Crippen molar-refractivity contribution in [3.63, 3.8) is 0 Å². The maximum atomic E-state index is 3.61. The van der Waals surface area contributed by atoms with Gasteiger partial charge < -0.3 is 10.2 Å². The van der Waals surface area contributed by atoms with Crippen molar-refractivity contribution in [2.45, 2.75) is 69.9 Å². The van der Waals surface area contributed by atoms with Crippen molar-refractivity contribution >= 4 is 0 Å². The minimum Gasteiger partial charge on any atom is -0.314 e. The van der Waals surface area contributed by atoms with Crippen LogP contribution >= 0.6 is 0 Å². The van der Waals surface area contributed by atoms with Crippen LogP contribution in [0.1, 0.15) is 57.8 Å². The molecule has 0 radical (unpaired) electrons. The third kappa shape index (κ3) is 4.59. The van der Waals surface area contributed by atoms with Crippen LogP contribution in [0.2, 0.25) is 0 Å². The van der Waals surface area contributed by atoms with Crippen molar-refractivity contribution in [3.8, 4) is 0 Å². The molecule has 0 bridgehead atoms. The van der Waals surface area contributed by atoms with Crippen LogP contribution < -0.4 is 5.32 Å². The number of unbranched alkanes of at least 4 members (excludes halogenated alkanes) is 2. The summed E-state index contributed by atoms with van der Waals surface area (Å²) >= 11 is 0. The molecule has 3 saturated carbocycles. The van der Waals surface area contributed by atoms with Gasteiger partial charge in [-0.3, -0.25) is 0 Å². The van der Waals surface area contributed by atoms with Crippen LogP contribution in [0.15, 0.2) is 0 Å². The second kappa shape index (κ2) is 5.71. The van der Waals surface area contributed by atoms with Gasteiger partial charge in [-0.1, -0.05) is 6.42 Å². The first kappa shape index (κ1) is 12.0. The zero-order valence-electron chi connectivity index (χ0n) is 11.2. The number of nitrogens with zero attached hydrogens (tertiary/aromatic N) is 1. The Morgan fingerprint density at radius 3 is 2.35 bits per heavy atom. The highest BCUT2D eigenvalue weighted by atomic mass is 15.2. The van der Waals surface area contributed by atoms with E-state index in [1.807, 2.05) is 0 Å². The lowest BCUT2D eigenvalue weighted by molar-refractivity contribution is 0.247. The first-order chi connectivity index (χ1) is 8.42. The summed E-state index contributed by atoms with van der Waals surface area (Å²) in [5, 5.41) is 3.61. The van der Waals surface area contributed by atoms with Crippen molar-refractivity contribution in [2.75, 3.05) is 19.6 Å². The molecule has 0 atom stereocenters. The molecule has 2 heteroatoms. The molecule has 17 heavy (non-hydrogen) atoms. The SMILES string of the molecule is C(CCNC1CC1)CCN(CC1CC1)C1CC1. The molecule has 0 aromatic carbocycles. The summed E-state index contributed by atoms with van der Waals surface area (Å²) in [6, 6.07) is 1.88. The van der Waals surface area contributed by atoms with Crippen LogP contribution in [-0.2, 0) is 0 Å². The molecule has 0 aromatic rings. The van der Waals surface area contributed by atoms with Crippen LogP contribution in [0.25, 0.3) is 0 Å². The fraction of sp³-hybridized carbons (Fsp3) is 1.00. The van der Waals surface area contributed by atoms with Gasteiger partial charge in [0, 0.05) is 18.6 Å². The molecule has 98 valence electrons. The third-order valence-electron chi connectivity index (χ3n) is 4.39. The quantitative estimate of drug-likeness (QED) is 0.587. The molecule has 3 fully saturated rings.